The van der Waals surface area contributed by atoms with Crippen molar-refractivity contribution in [2.24, 2.45) is 11.8 Å². The van der Waals surface area contributed by atoms with Gasteiger partial charge in [0.05, 0.1) is 0 Å². The highest BCUT2D eigenvalue weighted by molar-refractivity contribution is 5.67. The molecule has 0 saturated carbocycles. The Labute approximate surface area is 118 Å². The molecule has 0 rings (SSSR count). The van der Waals surface area contributed by atoms with Gasteiger partial charge in [0.25, 0.3) is 0 Å². The lowest BCUT2D eigenvalue weighted by Gasteiger charge is -2.26. The highest BCUT2D eigenvalue weighted by Gasteiger charge is 2.21. The fourth-order valence-corrected chi connectivity index (χ4v) is 2.07. The number of carbonyl (C=O) groups excluding carboxylic acids is 1. The molecule has 1 amide bonds. The molecule has 0 saturated heterocycles. The highest BCUT2D eigenvalue weighted by atomic mass is 16.6. The van der Waals surface area contributed by atoms with Gasteiger partial charge in [0, 0.05) is 6.04 Å². The van der Waals surface area contributed by atoms with Crippen LogP contribution in [0.3, 0.4) is 0 Å². The molecule has 0 bridgehead atoms. The quantitative estimate of drug-likeness (QED) is 0.748. The molecule has 0 aromatic carbocycles. The van der Waals surface area contributed by atoms with Gasteiger partial charge in [-0.05, 0) is 66.0 Å². The van der Waals surface area contributed by atoms with Crippen LogP contribution in [0.5, 0.6) is 0 Å². The summed E-state index contributed by atoms with van der Waals surface area (Å²) in [6, 6.07) is 0.138. The lowest BCUT2D eigenvalue weighted by Crippen LogP contribution is -2.39. The van der Waals surface area contributed by atoms with Gasteiger partial charge in [-0.3, -0.25) is 0 Å². The summed E-state index contributed by atoms with van der Waals surface area (Å²) in [4.78, 5) is 11.7. The first kappa shape index (κ1) is 18.2. The molecule has 0 aliphatic rings. The summed E-state index contributed by atoms with van der Waals surface area (Å²) in [6.45, 7) is 13.2. The summed E-state index contributed by atoms with van der Waals surface area (Å²) in [7, 11) is 1.97. The Morgan fingerprint density at radius 3 is 2.21 bits per heavy atom. The summed E-state index contributed by atoms with van der Waals surface area (Å²) >= 11 is 0. The minimum absolute atomic E-state index is 0.138. The molecule has 4 heteroatoms. The van der Waals surface area contributed by atoms with E-state index in [1.54, 1.807) is 0 Å². The maximum Gasteiger partial charge on any atom is 0.407 e. The van der Waals surface area contributed by atoms with Crippen LogP contribution >= 0.6 is 0 Å². The topological polar surface area (TPSA) is 50.4 Å². The largest absolute Gasteiger partial charge is 0.444 e. The van der Waals surface area contributed by atoms with Crippen LogP contribution in [0.1, 0.15) is 54.4 Å². The van der Waals surface area contributed by atoms with Crippen LogP contribution in [0, 0.1) is 11.8 Å². The number of rotatable bonds is 7. The number of amides is 1. The number of ether oxygens (including phenoxy) is 1. The van der Waals surface area contributed by atoms with E-state index < -0.39 is 5.60 Å². The Hall–Kier alpha value is -0.770. The minimum Gasteiger partial charge on any atom is -0.444 e. The van der Waals surface area contributed by atoms with Gasteiger partial charge in [0.15, 0.2) is 0 Å². The molecular formula is C15H32N2O2. The van der Waals surface area contributed by atoms with Gasteiger partial charge in [0.1, 0.15) is 5.60 Å². The van der Waals surface area contributed by atoms with Gasteiger partial charge in [-0.2, -0.15) is 0 Å². The number of nitrogens with one attached hydrogen (secondary N) is 2. The first-order valence-corrected chi connectivity index (χ1v) is 7.29. The lowest BCUT2D eigenvalue weighted by atomic mass is 9.87. The summed E-state index contributed by atoms with van der Waals surface area (Å²) < 4.78 is 5.27. The van der Waals surface area contributed by atoms with E-state index >= 15 is 0 Å². The Kier molecular flexibility index (Phi) is 8.07. The average Bonchev–Trinajstić information content (AvgIpc) is 2.20. The fraction of sp³-hybridized carbons (Fsp3) is 0.933. The van der Waals surface area contributed by atoms with E-state index in [-0.39, 0.29) is 12.1 Å². The van der Waals surface area contributed by atoms with Crippen molar-refractivity contribution in [3.63, 3.8) is 0 Å². The molecule has 2 atom stereocenters. The third kappa shape index (κ3) is 9.77. The van der Waals surface area contributed by atoms with Crippen molar-refractivity contribution < 1.29 is 9.53 Å². The van der Waals surface area contributed by atoms with Gasteiger partial charge in [0.2, 0.25) is 0 Å². The smallest absolute Gasteiger partial charge is 0.407 e. The zero-order chi connectivity index (χ0) is 15.1. The Bertz CT molecular complexity index is 259. The summed E-state index contributed by atoms with van der Waals surface area (Å²) in [5.74, 6) is 1.23. The highest BCUT2D eigenvalue weighted by Crippen LogP contribution is 2.20. The standard InChI is InChI=1S/C15H32N2O2/c1-11(2)13(8-9-16-7)10-12(3)17-14(18)19-15(4,5)6/h11-13,16H,8-10H2,1-7H3,(H,17,18)/t12-,13?/m0/s1. The van der Waals surface area contributed by atoms with Crippen LogP contribution in [0.2, 0.25) is 0 Å². The second-order valence-electron chi connectivity index (χ2n) is 6.68. The van der Waals surface area contributed by atoms with Crippen molar-refractivity contribution in [3.8, 4) is 0 Å². The second kappa shape index (κ2) is 8.41. The molecule has 1 unspecified atom stereocenters. The summed E-state index contributed by atoms with van der Waals surface area (Å²) in [5, 5.41) is 6.10. The predicted octanol–water partition coefficient (Wildman–Crippen LogP) is 3.17. The molecule has 0 fully saturated rings. The van der Waals surface area contributed by atoms with Crippen molar-refractivity contribution >= 4 is 6.09 Å². The first-order valence-electron chi connectivity index (χ1n) is 7.29. The number of hydrogen-bond donors (Lipinski definition) is 2. The van der Waals surface area contributed by atoms with Crippen LogP contribution in [-0.2, 0) is 4.74 Å². The fourth-order valence-electron chi connectivity index (χ4n) is 2.07. The monoisotopic (exact) mass is 272 g/mol. The number of hydrogen-bond acceptors (Lipinski definition) is 3. The molecular weight excluding hydrogens is 240 g/mol. The molecule has 19 heavy (non-hydrogen) atoms. The van der Waals surface area contributed by atoms with E-state index in [2.05, 4.69) is 24.5 Å². The van der Waals surface area contributed by atoms with Gasteiger partial charge in [-0.1, -0.05) is 13.8 Å². The zero-order valence-corrected chi connectivity index (χ0v) is 13.7. The molecule has 0 aliphatic heterocycles. The molecule has 114 valence electrons. The van der Waals surface area contributed by atoms with Gasteiger partial charge in [-0.15, -0.1) is 0 Å². The van der Waals surface area contributed by atoms with Crippen molar-refractivity contribution in [1.82, 2.24) is 10.6 Å². The molecule has 0 aromatic rings. The summed E-state index contributed by atoms with van der Waals surface area (Å²) in [5.41, 5.74) is -0.437. The van der Waals surface area contributed by atoms with Crippen LogP contribution in [-0.4, -0.2) is 31.3 Å². The van der Waals surface area contributed by atoms with Crippen molar-refractivity contribution in [3.05, 3.63) is 0 Å². The molecule has 0 spiro atoms. The van der Waals surface area contributed by atoms with Crippen LogP contribution in [0.25, 0.3) is 0 Å². The predicted molar refractivity (Wildman–Crippen MR) is 80.3 cm³/mol. The van der Waals surface area contributed by atoms with Crippen LogP contribution in [0.15, 0.2) is 0 Å². The van der Waals surface area contributed by atoms with Crippen molar-refractivity contribution in [2.45, 2.75) is 66.0 Å². The third-order valence-electron chi connectivity index (χ3n) is 3.13. The third-order valence-corrected chi connectivity index (χ3v) is 3.13. The van der Waals surface area contributed by atoms with E-state index in [9.17, 15) is 4.79 Å². The molecule has 4 nitrogen and oxygen atoms in total. The Morgan fingerprint density at radius 2 is 1.79 bits per heavy atom. The van der Waals surface area contributed by atoms with Gasteiger partial charge < -0.3 is 15.4 Å². The molecule has 0 radical (unpaired) electrons. The molecule has 0 aliphatic carbocycles. The maximum atomic E-state index is 11.7. The van der Waals surface area contributed by atoms with Crippen molar-refractivity contribution in [2.75, 3.05) is 13.6 Å². The van der Waals surface area contributed by atoms with Crippen LogP contribution < -0.4 is 10.6 Å². The molecule has 0 aromatic heterocycles. The molecule has 0 heterocycles. The Morgan fingerprint density at radius 1 is 1.21 bits per heavy atom. The van der Waals surface area contributed by atoms with Gasteiger partial charge >= 0.3 is 6.09 Å². The lowest BCUT2D eigenvalue weighted by molar-refractivity contribution is 0.0499. The van der Waals surface area contributed by atoms with E-state index in [1.165, 1.54) is 0 Å². The minimum atomic E-state index is -0.437. The second-order valence-corrected chi connectivity index (χ2v) is 6.68. The van der Waals surface area contributed by atoms with E-state index in [4.69, 9.17) is 4.74 Å². The van der Waals surface area contributed by atoms with E-state index in [0.29, 0.717) is 11.8 Å². The van der Waals surface area contributed by atoms with Gasteiger partial charge in [-0.25, -0.2) is 4.79 Å². The van der Waals surface area contributed by atoms with E-state index in [1.807, 2.05) is 34.7 Å². The number of alkyl carbamates (subject to hydrolysis) is 1. The SMILES string of the molecule is CNCCC(C[C@H](C)NC(=O)OC(C)(C)C)C(C)C. The normalized spacial score (nSPS) is 15.2. The average molecular weight is 272 g/mol. The maximum absolute atomic E-state index is 11.7. The first-order chi connectivity index (χ1) is 8.65. The Balaban J connectivity index is 4.18. The zero-order valence-electron chi connectivity index (χ0n) is 13.7. The summed E-state index contributed by atoms with van der Waals surface area (Å²) in [6.07, 6.45) is 1.80. The van der Waals surface area contributed by atoms with E-state index in [0.717, 1.165) is 19.4 Å². The van der Waals surface area contributed by atoms with Crippen molar-refractivity contribution in [1.29, 1.82) is 0 Å². The number of carbonyl (C=O) groups is 1. The van der Waals surface area contributed by atoms with Crippen LogP contribution in [0.4, 0.5) is 4.79 Å². The molecule has 2 N–H and O–H groups in total.